The Kier molecular flexibility index (Phi) is 11.2. The van der Waals surface area contributed by atoms with Gasteiger partial charge < -0.3 is 29.1 Å². The molecular weight excluding hydrogens is 496 g/mol. The molecule has 1 saturated heterocycles. The van der Waals surface area contributed by atoms with E-state index < -0.39 is 17.7 Å². The molecule has 0 aromatic heterocycles. The number of ketones is 1. The predicted molar refractivity (Wildman–Crippen MR) is 152 cm³/mol. The van der Waals surface area contributed by atoms with Crippen LogP contribution in [0.3, 0.4) is 0 Å². The van der Waals surface area contributed by atoms with Gasteiger partial charge in [0.15, 0.2) is 11.5 Å². The standard InChI is InChI=1S/C31H42N2O6/c1-6-8-10-20-39-25-16-13-23(21-26(25)37-5)28-27(30(35)31(36)33(28)18-17-32(3)4)29(34)22-11-14-24(15-12-22)38-19-9-7-2/h11-16,21,28,34H,6-10,17-20H2,1-5H3. The van der Waals surface area contributed by atoms with Crippen molar-refractivity contribution in [2.75, 3.05) is 47.5 Å². The Morgan fingerprint density at radius 3 is 2.26 bits per heavy atom. The maximum absolute atomic E-state index is 13.3. The van der Waals surface area contributed by atoms with Gasteiger partial charge >= 0.3 is 0 Å². The Bertz CT molecular complexity index is 1140. The number of hydrogen-bond donors (Lipinski definition) is 1. The first kappa shape index (κ1) is 30.0. The molecule has 0 radical (unpaired) electrons. The first-order valence-corrected chi connectivity index (χ1v) is 13.8. The number of likely N-dealkylation sites (tertiary alicyclic amines) is 1. The third-order valence-corrected chi connectivity index (χ3v) is 6.73. The molecule has 2 aromatic rings. The smallest absolute Gasteiger partial charge is 0.295 e. The first-order chi connectivity index (χ1) is 18.8. The van der Waals surface area contributed by atoms with Crippen LogP contribution in [0.15, 0.2) is 48.0 Å². The number of carbonyl (C=O) groups is 2. The average molecular weight is 539 g/mol. The summed E-state index contributed by atoms with van der Waals surface area (Å²) in [6, 6.07) is 11.6. The molecule has 0 spiro atoms. The number of benzene rings is 2. The van der Waals surface area contributed by atoms with Crippen LogP contribution in [0, 0.1) is 0 Å². The Hall–Kier alpha value is -3.52. The summed E-state index contributed by atoms with van der Waals surface area (Å²) >= 11 is 0. The number of ether oxygens (including phenoxy) is 3. The number of methoxy groups -OCH3 is 1. The molecule has 1 aliphatic rings. The Morgan fingerprint density at radius 1 is 0.923 bits per heavy atom. The van der Waals surface area contributed by atoms with E-state index in [0.29, 0.717) is 54.7 Å². The van der Waals surface area contributed by atoms with Gasteiger partial charge in [0.05, 0.1) is 31.9 Å². The van der Waals surface area contributed by atoms with E-state index in [1.165, 1.54) is 4.90 Å². The minimum Gasteiger partial charge on any atom is -0.507 e. The van der Waals surface area contributed by atoms with Gasteiger partial charge in [-0.2, -0.15) is 0 Å². The summed E-state index contributed by atoms with van der Waals surface area (Å²) in [5.41, 5.74) is 1.15. The second kappa shape index (κ2) is 14.6. The van der Waals surface area contributed by atoms with Gasteiger partial charge in [-0.05, 0) is 68.9 Å². The minimum absolute atomic E-state index is 0.0528. The molecule has 3 rings (SSSR count). The van der Waals surface area contributed by atoms with Crippen LogP contribution in [-0.2, 0) is 9.59 Å². The van der Waals surface area contributed by atoms with E-state index in [2.05, 4.69) is 13.8 Å². The van der Waals surface area contributed by atoms with Gasteiger partial charge in [-0.15, -0.1) is 0 Å². The lowest BCUT2D eigenvalue weighted by molar-refractivity contribution is -0.140. The summed E-state index contributed by atoms with van der Waals surface area (Å²) < 4.78 is 17.3. The molecule has 8 nitrogen and oxygen atoms in total. The Labute approximate surface area is 232 Å². The fourth-order valence-electron chi connectivity index (χ4n) is 4.47. The van der Waals surface area contributed by atoms with Crippen molar-refractivity contribution in [1.29, 1.82) is 0 Å². The third-order valence-electron chi connectivity index (χ3n) is 6.73. The van der Waals surface area contributed by atoms with Crippen molar-refractivity contribution in [3.63, 3.8) is 0 Å². The molecule has 1 atom stereocenters. The Balaban J connectivity index is 2.01. The number of nitrogens with zero attached hydrogens (tertiary/aromatic N) is 2. The predicted octanol–water partition coefficient (Wildman–Crippen LogP) is 5.43. The average Bonchev–Trinajstić information content (AvgIpc) is 3.19. The van der Waals surface area contributed by atoms with Crippen molar-refractivity contribution < 1.29 is 28.9 Å². The van der Waals surface area contributed by atoms with Gasteiger partial charge in [-0.1, -0.05) is 39.2 Å². The van der Waals surface area contributed by atoms with Crippen molar-refractivity contribution in [1.82, 2.24) is 9.80 Å². The van der Waals surface area contributed by atoms with Crippen molar-refractivity contribution in [3.8, 4) is 17.2 Å². The molecule has 0 saturated carbocycles. The van der Waals surface area contributed by atoms with Crippen LogP contribution >= 0.6 is 0 Å². The number of rotatable bonds is 15. The lowest BCUT2D eigenvalue weighted by Crippen LogP contribution is -2.35. The fraction of sp³-hybridized carbons (Fsp3) is 0.484. The van der Waals surface area contributed by atoms with E-state index in [-0.39, 0.29) is 11.3 Å². The number of unbranched alkanes of at least 4 members (excludes halogenated alkanes) is 3. The van der Waals surface area contributed by atoms with Crippen molar-refractivity contribution in [2.45, 2.75) is 52.0 Å². The zero-order valence-electron chi connectivity index (χ0n) is 23.9. The molecule has 1 amide bonds. The highest BCUT2D eigenvalue weighted by atomic mass is 16.5. The summed E-state index contributed by atoms with van der Waals surface area (Å²) in [4.78, 5) is 30.0. The summed E-state index contributed by atoms with van der Waals surface area (Å²) in [7, 11) is 5.37. The first-order valence-electron chi connectivity index (χ1n) is 13.8. The van der Waals surface area contributed by atoms with Crippen molar-refractivity contribution >= 4 is 17.4 Å². The molecular formula is C31H42N2O6. The molecule has 39 heavy (non-hydrogen) atoms. The lowest BCUT2D eigenvalue weighted by atomic mass is 9.95. The number of likely N-dealkylation sites (N-methyl/N-ethyl adjacent to an activating group) is 1. The summed E-state index contributed by atoms with van der Waals surface area (Å²) in [5.74, 6) is 0.226. The zero-order valence-corrected chi connectivity index (χ0v) is 23.9. The molecule has 212 valence electrons. The van der Waals surface area contributed by atoms with Crippen molar-refractivity contribution in [2.24, 2.45) is 0 Å². The SMILES string of the molecule is CCCCCOc1ccc(C2C(=C(O)c3ccc(OCCCC)cc3)C(=O)C(=O)N2CCN(C)C)cc1OC. The molecule has 2 aromatic carbocycles. The lowest BCUT2D eigenvalue weighted by Gasteiger charge is -2.27. The Morgan fingerprint density at radius 2 is 1.62 bits per heavy atom. The van der Waals surface area contributed by atoms with Crippen LogP contribution in [-0.4, -0.2) is 74.1 Å². The monoisotopic (exact) mass is 538 g/mol. The van der Waals surface area contributed by atoms with Crippen LogP contribution in [0.5, 0.6) is 17.2 Å². The topological polar surface area (TPSA) is 88.5 Å². The third kappa shape index (κ3) is 7.53. The highest BCUT2D eigenvalue weighted by molar-refractivity contribution is 6.46. The van der Waals surface area contributed by atoms with Gasteiger partial charge in [0.25, 0.3) is 11.7 Å². The molecule has 1 fully saturated rings. The molecule has 0 aliphatic carbocycles. The highest BCUT2D eigenvalue weighted by Gasteiger charge is 2.46. The van der Waals surface area contributed by atoms with Crippen LogP contribution < -0.4 is 14.2 Å². The normalized spacial score (nSPS) is 16.7. The number of carbonyl (C=O) groups excluding carboxylic acids is 2. The van der Waals surface area contributed by atoms with Gasteiger partial charge in [0, 0.05) is 18.7 Å². The number of aliphatic hydroxyl groups is 1. The van der Waals surface area contributed by atoms with Gasteiger partial charge in [0.1, 0.15) is 11.5 Å². The second-order valence-electron chi connectivity index (χ2n) is 9.99. The summed E-state index contributed by atoms with van der Waals surface area (Å²) in [5, 5.41) is 11.4. The molecule has 0 bridgehead atoms. The zero-order chi connectivity index (χ0) is 28.4. The van der Waals surface area contributed by atoms with Crippen LogP contribution in [0.25, 0.3) is 5.76 Å². The van der Waals surface area contributed by atoms with Gasteiger partial charge in [0.2, 0.25) is 0 Å². The summed E-state index contributed by atoms with van der Waals surface area (Å²) in [6.45, 7) is 6.29. The molecule has 8 heteroatoms. The van der Waals surface area contributed by atoms with E-state index in [0.717, 1.165) is 32.1 Å². The minimum atomic E-state index is -0.770. The van der Waals surface area contributed by atoms with Gasteiger partial charge in [-0.3, -0.25) is 9.59 Å². The molecule has 1 heterocycles. The van der Waals surface area contributed by atoms with Crippen LogP contribution in [0.4, 0.5) is 0 Å². The van der Waals surface area contributed by atoms with Crippen LogP contribution in [0.1, 0.15) is 63.1 Å². The summed E-state index contributed by atoms with van der Waals surface area (Å²) in [6.07, 6.45) is 5.09. The quantitative estimate of drug-likeness (QED) is 0.140. The maximum atomic E-state index is 13.3. The van der Waals surface area contributed by atoms with Crippen molar-refractivity contribution in [3.05, 3.63) is 59.2 Å². The van der Waals surface area contributed by atoms with E-state index in [1.54, 1.807) is 43.5 Å². The largest absolute Gasteiger partial charge is 0.507 e. The highest BCUT2D eigenvalue weighted by Crippen LogP contribution is 2.42. The number of amides is 1. The molecule has 1 unspecified atom stereocenters. The van der Waals surface area contributed by atoms with Crippen LogP contribution in [0.2, 0.25) is 0 Å². The van der Waals surface area contributed by atoms with E-state index in [4.69, 9.17) is 14.2 Å². The van der Waals surface area contributed by atoms with Gasteiger partial charge in [-0.25, -0.2) is 0 Å². The van der Waals surface area contributed by atoms with E-state index in [1.807, 2.05) is 25.1 Å². The van der Waals surface area contributed by atoms with E-state index in [9.17, 15) is 14.7 Å². The number of hydrogen-bond acceptors (Lipinski definition) is 7. The molecule has 1 N–H and O–H groups in total. The van der Waals surface area contributed by atoms with E-state index >= 15 is 0 Å². The number of Topliss-reactive ketones (excluding diaryl/α,β-unsaturated/α-hetero) is 1. The fourth-order valence-corrected chi connectivity index (χ4v) is 4.47. The second-order valence-corrected chi connectivity index (χ2v) is 9.99. The number of aliphatic hydroxyl groups excluding tert-OH is 1. The maximum Gasteiger partial charge on any atom is 0.295 e. The molecule has 1 aliphatic heterocycles.